The molecule has 0 spiro atoms. The fourth-order valence-corrected chi connectivity index (χ4v) is 3.42. The molecule has 1 atom stereocenters. The Labute approximate surface area is 196 Å². The van der Waals surface area contributed by atoms with Gasteiger partial charge in [-0.25, -0.2) is 9.80 Å². The van der Waals surface area contributed by atoms with Gasteiger partial charge in [-0.3, -0.25) is 4.79 Å². The van der Waals surface area contributed by atoms with Gasteiger partial charge in [-0.2, -0.15) is 5.10 Å². The second kappa shape index (κ2) is 12.2. The van der Waals surface area contributed by atoms with Crippen LogP contribution in [0.3, 0.4) is 0 Å². The van der Waals surface area contributed by atoms with Crippen molar-refractivity contribution in [1.29, 1.82) is 0 Å². The zero-order chi connectivity index (χ0) is 24.4. The molecule has 0 saturated carbocycles. The SMILES string of the molecule is C/C(=N/N(C=O)CC(O)CCc1ccccc1CNC(=O)OC(C)(C)C)c1ccccc1C. The van der Waals surface area contributed by atoms with Crippen LogP contribution in [-0.4, -0.2) is 46.6 Å². The van der Waals surface area contributed by atoms with Gasteiger partial charge in [0.25, 0.3) is 0 Å². The minimum absolute atomic E-state index is 0.102. The van der Waals surface area contributed by atoms with Gasteiger partial charge in [-0.05, 0) is 64.2 Å². The van der Waals surface area contributed by atoms with Gasteiger partial charge in [0.15, 0.2) is 0 Å². The molecular formula is C26H35N3O4. The number of nitrogens with zero attached hydrogens (tertiary/aromatic N) is 2. The largest absolute Gasteiger partial charge is 0.444 e. The number of benzene rings is 2. The molecule has 2 amide bonds. The van der Waals surface area contributed by atoms with E-state index in [0.717, 1.165) is 22.3 Å². The number of aryl methyl sites for hydroxylation is 2. The number of carbonyl (C=O) groups is 2. The molecule has 7 heteroatoms. The van der Waals surface area contributed by atoms with E-state index >= 15 is 0 Å². The molecule has 2 N–H and O–H groups in total. The van der Waals surface area contributed by atoms with Crippen molar-refractivity contribution in [3.05, 3.63) is 70.8 Å². The van der Waals surface area contributed by atoms with Crippen molar-refractivity contribution in [2.24, 2.45) is 5.10 Å². The zero-order valence-corrected chi connectivity index (χ0v) is 20.2. The highest BCUT2D eigenvalue weighted by Gasteiger charge is 2.16. The maximum absolute atomic E-state index is 12.0. The van der Waals surface area contributed by atoms with E-state index in [-0.39, 0.29) is 6.54 Å². The number of nitrogens with one attached hydrogen (secondary N) is 1. The summed E-state index contributed by atoms with van der Waals surface area (Å²) in [4.78, 5) is 23.5. The first-order valence-corrected chi connectivity index (χ1v) is 11.1. The van der Waals surface area contributed by atoms with Crippen molar-refractivity contribution < 1.29 is 19.4 Å². The van der Waals surface area contributed by atoms with E-state index in [2.05, 4.69) is 10.4 Å². The summed E-state index contributed by atoms with van der Waals surface area (Å²) in [5.74, 6) is 0. The molecule has 0 fully saturated rings. The number of hydrazone groups is 1. The summed E-state index contributed by atoms with van der Waals surface area (Å²) in [5.41, 5.74) is 4.16. The molecular weight excluding hydrogens is 418 g/mol. The van der Waals surface area contributed by atoms with Gasteiger partial charge in [0.2, 0.25) is 6.41 Å². The van der Waals surface area contributed by atoms with Crippen LogP contribution in [0.1, 0.15) is 56.4 Å². The second-order valence-corrected chi connectivity index (χ2v) is 9.04. The maximum atomic E-state index is 12.0. The number of hydrogen-bond donors (Lipinski definition) is 2. The third-order valence-electron chi connectivity index (χ3n) is 5.02. The first-order chi connectivity index (χ1) is 15.6. The molecule has 2 rings (SSSR count). The lowest BCUT2D eigenvalue weighted by molar-refractivity contribution is -0.119. The molecule has 2 aromatic rings. The molecule has 0 aliphatic carbocycles. The van der Waals surface area contributed by atoms with E-state index in [0.29, 0.717) is 31.5 Å². The quantitative estimate of drug-likeness (QED) is 0.320. The van der Waals surface area contributed by atoms with E-state index in [9.17, 15) is 14.7 Å². The summed E-state index contributed by atoms with van der Waals surface area (Å²) in [6.07, 6.45) is 0.466. The molecule has 1 unspecified atom stereocenters. The van der Waals surface area contributed by atoms with Crippen LogP contribution in [0.25, 0.3) is 0 Å². The van der Waals surface area contributed by atoms with Gasteiger partial charge in [0, 0.05) is 12.1 Å². The lowest BCUT2D eigenvalue weighted by Crippen LogP contribution is -2.32. The van der Waals surface area contributed by atoms with Crippen molar-refractivity contribution in [3.8, 4) is 0 Å². The molecule has 0 saturated heterocycles. The average molecular weight is 454 g/mol. The number of amides is 2. The highest BCUT2D eigenvalue weighted by atomic mass is 16.6. The topological polar surface area (TPSA) is 91.2 Å². The van der Waals surface area contributed by atoms with Crippen LogP contribution in [0, 0.1) is 6.92 Å². The average Bonchev–Trinajstić information content (AvgIpc) is 2.75. The number of ether oxygens (including phenoxy) is 1. The molecule has 0 aliphatic rings. The van der Waals surface area contributed by atoms with Gasteiger partial charge in [0.05, 0.1) is 18.4 Å². The molecule has 7 nitrogen and oxygen atoms in total. The van der Waals surface area contributed by atoms with E-state index in [1.165, 1.54) is 5.01 Å². The number of alkyl carbamates (subject to hydrolysis) is 1. The lowest BCUT2D eigenvalue weighted by Gasteiger charge is -2.20. The molecule has 33 heavy (non-hydrogen) atoms. The Hall–Kier alpha value is -3.19. The Kier molecular flexibility index (Phi) is 9.60. The lowest BCUT2D eigenvalue weighted by atomic mass is 10.0. The normalized spacial score (nSPS) is 12.7. The predicted octanol–water partition coefficient (Wildman–Crippen LogP) is 4.20. The molecule has 0 bridgehead atoms. The van der Waals surface area contributed by atoms with Crippen molar-refractivity contribution >= 4 is 18.2 Å². The summed E-state index contributed by atoms with van der Waals surface area (Å²) >= 11 is 0. The smallest absolute Gasteiger partial charge is 0.407 e. The highest BCUT2D eigenvalue weighted by Crippen LogP contribution is 2.14. The molecule has 2 aromatic carbocycles. The third kappa shape index (κ3) is 9.06. The van der Waals surface area contributed by atoms with E-state index in [1.54, 1.807) is 0 Å². The maximum Gasteiger partial charge on any atom is 0.407 e. The van der Waals surface area contributed by atoms with Crippen molar-refractivity contribution in [3.63, 3.8) is 0 Å². The summed E-state index contributed by atoms with van der Waals surface area (Å²) in [7, 11) is 0. The molecule has 0 aliphatic heterocycles. The number of aliphatic hydroxyl groups excluding tert-OH is 1. The summed E-state index contributed by atoms with van der Waals surface area (Å²) < 4.78 is 5.28. The van der Waals surface area contributed by atoms with Crippen LogP contribution in [0.4, 0.5) is 4.79 Å². The fraction of sp³-hybridized carbons (Fsp3) is 0.423. The van der Waals surface area contributed by atoms with Gasteiger partial charge >= 0.3 is 6.09 Å². The van der Waals surface area contributed by atoms with Crippen LogP contribution in [0.15, 0.2) is 53.6 Å². The second-order valence-electron chi connectivity index (χ2n) is 9.04. The van der Waals surface area contributed by atoms with Crippen LogP contribution < -0.4 is 5.32 Å². The Morgan fingerprint density at radius 3 is 2.42 bits per heavy atom. The standard InChI is InChI=1S/C26H35N3O4/c1-19-10-6-9-13-24(19)20(2)28-29(18-30)17-23(31)15-14-21-11-7-8-12-22(21)16-27-25(32)33-26(3,4)5/h6-13,18,23,31H,14-17H2,1-5H3,(H,27,32)/b28-20-. The molecule has 0 heterocycles. The Bertz CT molecular complexity index is 966. The Morgan fingerprint density at radius 2 is 1.79 bits per heavy atom. The van der Waals surface area contributed by atoms with Crippen molar-refractivity contribution in [2.75, 3.05) is 6.54 Å². The first-order valence-electron chi connectivity index (χ1n) is 11.1. The van der Waals surface area contributed by atoms with Crippen LogP contribution >= 0.6 is 0 Å². The highest BCUT2D eigenvalue weighted by molar-refractivity contribution is 6.00. The first kappa shape index (κ1) is 26.1. The fourth-order valence-electron chi connectivity index (χ4n) is 3.42. The van der Waals surface area contributed by atoms with Gasteiger partial charge in [-0.1, -0.05) is 48.5 Å². The Morgan fingerprint density at radius 1 is 1.15 bits per heavy atom. The van der Waals surface area contributed by atoms with E-state index < -0.39 is 17.8 Å². The molecule has 0 aromatic heterocycles. The zero-order valence-electron chi connectivity index (χ0n) is 20.2. The minimum atomic E-state index is -0.740. The van der Waals surface area contributed by atoms with Gasteiger partial charge in [0.1, 0.15) is 5.60 Å². The minimum Gasteiger partial charge on any atom is -0.444 e. The predicted molar refractivity (Wildman–Crippen MR) is 130 cm³/mol. The summed E-state index contributed by atoms with van der Waals surface area (Å²) in [6, 6.07) is 15.6. The molecule has 178 valence electrons. The number of rotatable bonds is 10. The number of aliphatic hydroxyl groups is 1. The van der Waals surface area contributed by atoms with Gasteiger partial charge in [-0.15, -0.1) is 0 Å². The van der Waals surface area contributed by atoms with E-state index in [1.807, 2.05) is 83.1 Å². The Balaban J connectivity index is 1.94. The summed E-state index contributed by atoms with van der Waals surface area (Å²) in [5, 5.41) is 18.9. The van der Waals surface area contributed by atoms with Crippen LogP contribution in [0.2, 0.25) is 0 Å². The van der Waals surface area contributed by atoms with Gasteiger partial charge < -0.3 is 15.2 Å². The monoisotopic (exact) mass is 453 g/mol. The number of carbonyl (C=O) groups excluding carboxylic acids is 2. The van der Waals surface area contributed by atoms with Crippen LogP contribution in [-0.2, 0) is 22.5 Å². The van der Waals surface area contributed by atoms with E-state index in [4.69, 9.17) is 4.74 Å². The summed E-state index contributed by atoms with van der Waals surface area (Å²) in [6.45, 7) is 9.72. The number of hydrogen-bond acceptors (Lipinski definition) is 5. The molecule has 0 radical (unpaired) electrons. The third-order valence-corrected chi connectivity index (χ3v) is 5.02. The van der Waals surface area contributed by atoms with Crippen molar-refractivity contribution in [1.82, 2.24) is 10.3 Å². The van der Waals surface area contributed by atoms with Crippen molar-refractivity contribution in [2.45, 2.75) is 65.7 Å². The van der Waals surface area contributed by atoms with Crippen LogP contribution in [0.5, 0.6) is 0 Å².